The van der Waals surface area contributed by atoms with Gasteiger partial charge in [0, 0.05) is 25.4 Å². The van der Waals surface area contributed by atoms with E-state index in [1.807, 2.05) is 72.8 Å². The van der Waals surface area contributed by atoms with Gasteiger partial charge < -0.3 is 63.9 Å². The molecule has 0 bridgehead atoms. The van der Waals surface area contributed by atoms with Crippen molar-refractivity contribution in [1.29, 1.82) is 0 Å². The normalized spacial score (nSPS) is 12.0. The Hall–Kier alpha value is -5.06. The summed E-state index contributed by atoms with van der Waals surface area (Å²) in [6, 6.07) is 48.5. The minimum Gasteiger partial charge on any atom is -0.497 e. The van der Waals surface area contributed by atoms with E-state index >= 15 is 0 Å². The molecule has 522 valence electrons. The Morgan fingerprint density at radius 3 is 0.989 bits per heavy atom. The monoisotopic (exact) mass is 1400 g/mol. The highest BCUT2D eigenvalue weighted by Gasteiger charge is 2.37. The second kappa shape index (κ2) is 41.3. The van der Waals surface area contributed by atoms with Crippen LogP contribution in [0.4, 0.5) is 0 Å². The van der Waals surface area contributed by atoms with Gasteiger partial charge in [0.15, 0.2) is 36.5 Å². The smallest absolute Gasteiger partial charge is 0.321 e. The molecule has 0 unspecified atom stereocenters. The summed E-state index contributed by atoms with van der Waals surface area (Å²) in [5, 5.41) is 9.54. The van der Waals surface area contributed by atoms with Crippen LogP contribution in [0.5, 0.6) is 40.2 Å². The molecule has 14 nitrogen and oxygen atoms in total. The van der Waals surface area contributed by atoms with Gasteiger partial charge in [0.1, 0.15) is 28.7 Å². The summed E-state index contributed by atoms with van der Waals surface area (Å²) in [6.45, 7) is 29.0. The number of benzene rings is 6. The third-order valence-electron chi connectivity index (χ3n) is 16.1. The van der Waals surface area contributed by atoms with Crippen LogP contribution in [0.2, 0.25) is 96.7 Å². The maximum Gasteiger partial charge on any atom is 0.321 e. The topological polar surface area (TPSA) is 140 Å². The molecule has 0 atom stereocenters. The summed E-state index contributed by atoms with van der Waals surface area (Å²) in [5.74, 6) is 5.98. The van der Waals surface area contributed by atoms with Crippen molar-refractivity contribution in [2.45, 2.75) is 180 Å². The minimum atomic E-state index is -2.20. The first-order valence-electron chi connectivity index (χ1n) is 33.6. The Morgan fingerprint density at radius 1 is 0.287 bits per heavy atom. The first kappa shape index (κ1) is 81.4. The number of hydrogen-bond donors (Lipinski definition) is 1. The molecule has 0 aromatic heterocycles. The third kappa shape index (κ3) is 31.9. The number of methoxy groups -OCH3 is 7. The number of hydrogen-bond acceptors (Lipinski definition) is 14. The molecule has 0 amide bonds. The number of para-hydroxylation sites is 2. The second-order valence-corrected chi connectivity index (χ2v) is 50.8. The summed E-state index contributed by atoms with van der Waals surface area (Å²) in [7, 11) is -0.0358. The molecule has 6 aromatic rings. The zero-order chi connectivity index (χ0) is 69.3. The van der Waals surface area contributed by atoms with Gasteiger partial charge >= 0.3 is 25.7 Å². The number of aliphatic hydroxyl groups is 1. The van der Waals surface area contributed by atoms with Crippen molar-refractivity contribution in [1.82, 2.24) is 0 Å². The lowest BCUT2D eigenvalue weighted by atomic mass is 10.1. The van der Waals surface area contributed by atoms with E-state index in [0.29, 0.717) is 6.61 Å². The summed E-state index contributed by atoms with van der Waals surface area (Å²) in [4.78, 5) is 0. The highest BCUT2D eigenvalue weighted by molar-refractivity contribution is 6.83. The van der Waals surface area contributed by atoms with Crippen LogP contribution in [0.1, 0.15) is 77.5 Å². The lowest BCUT2D eigenvalue weighted by molar-refractivity contribution is 0.240. The lowest BCUT2D eigenvalue weighted by Gasteiger charge is -2.33. The zero-order valence-electron chi connectivity index (χ0n) is 60.9. The molecule has 0 aliphatic rings. The lowest BCUT2D eigenvalue weighted by Crippen LogP contribution is -2.46. The van der Waals surface area contributed by atoms with Crippen LogP contribution in [0.3, 0.4) is 0 Å². The summed E-state index contributed by atoms with van der Waals surface area (Å²) in [6.07, 6.45) is 12.2. The standard InChI is InChI=1S/C26H42O6Si2.2C24H38O4Si2/c1-28-24-14-12-21(18-23(24)20-27)11-9-17-33(4,5)32-34(6,7)31-16-8-10-22-13-15-25(29-2)26(19-22)30-3;1-25-23-15-11-21(12-16-23)9-7-19-27-30(5,6)28-29(3,4)20-8-10-22-13-17-24(26-2)18-14-22;1-25-23-17-9-7-13-21(23)15-11-19-27-30(5,6)28-29(3,4)20-12-16-22-14-8-10-18-24(22)26-2/h12-15,18-19,27H,8-11,16-17,20H2,1-7H3;11-18H,7-10,19-20H2,1-6H3;7-10,13-14,17-18H,11-12,15-16,19-20H2,1-6H3. The molecule has 1 N–H and O–H groups in total. The highest BCUT2D eigenvalue weighted by atomic mass is 28.4. The van der Waals surface area contributed by atoms with Crippen LogP contribution in [-0.4, -0.2) is 125 Å². The molecule has 6 aromatic carbocycles. The van der Waals surface area contributed by atoms with E-state index < -0.39 is 50.6 Å². The van der Waals surface area contributed by atoms with E-state index in [4.69, 9.17) is 58.8 Å². The molecule has 0 heterocycles. The summed E-state index contributed by atoms with van der Waals surface area (Å²) >= 11 is 0. The van der Waals surface area contributed by atoms with Gasteiger partial charge in [0.2, 0.25) is 0 Å². The van der Waals surface area contributed by atoms with Crippen molar-refractivity contribution >= 4 is 50.6 Å². The van der Waals surface area contributed by atoms with Gasteiger partial charge in [0.05, 0.1) is 56.4 Å². The van der Waals surface area contributed by atoms with Crippen LogP contribution >= 0.6 is 0 Å². The quantitative estimate of drug-likeness (QED) is 0.0288. The van der Waals surface area contributed by atoms with Crippen LogP contribution in [-0.2, 0) is 70.8 Å². The molecule has 0 aliphatic carbocycles. The maximum atomic E-state index is 9.54. The number of rotatable bonds is 41. The largest absolute Gasteiger partial charge is 0.497 e. The molecule has 0 fully saturated rings. The van der Waals surface area contributed by atoms with E-state index in [1.165, 1.54) is 33.4 Å². The Kier molecular flexibility index (Phi) is 35.7. The van der Waals surface area contributed by atoms with Crippen molar-refractivity contribution in [3.8, 4) is 40.2 Å². The van der Waals surface area contributed by atoms with E-state index in [0.717, 1.165) is 154 Å². The van der Waals surface area contributed by atoms with Gasteiger partial charge in [-0.15, -0.1) is 0 Å². The highest BCUT2D eigenvalue weighted by Crippen LogP contribution is 2.31. The minimum absolute atomic E-state index is 0.0104. The van der Waals surface area contributed by atoms with Crippen molar-refractivity contribution in [2.75, 3.05) is 69.6 Å². The predicted octanol–water partition coefficient (Wildman–Crippen LogP) is 18.1. The molecule has 0 saturated carbocycles. The Balaban J connectivity index is 0.000000301. The average Bonchev–Trinajstić information content (AvgIpc) is 0.919. The van der Waals surface area contributed by atoms with Gasteiger partial charge in [-0.1, -0.05) is 72.8 Å². The zero-order valence-corrected chi connectivity index (χ0v) is 66.9. The molecule has 6 rings (SSSR count). The van der Waals surface area contributed by atoms with Gasteiger partial charge in [-0.25, -0.2) is 0 Å². The van der Waals surface area contributed by atoms with Gasteiger partial charge in [-0.2, -0.15) is 0 Å². The van der Waals surface area contributed by atoms with Gasteiger partial charge in [-0.05, 0) is 268 Å². The van der Waals surface area contributed by atoms with E-state index in [9.17, 15) is 5.11 Å². The van der Waals surface area contributed by atoms with Gasteiger partial charge in [0.25, 0.3) is 0 Å². The molecular formula is C74H118O14Si6. The van der Waals surface area contributed by atoms with E-state index in [1.54, 1.807) is 49.8 Å². The fourth-order valence-corrected chi connectivity index (χ4v) is 34.6. The molecule has 20 heteroatoms. The summed E-state index contributed by atoms with van der Waals surface area (Å²) < 4.78 is 75.9. The predicted molar refractivity (Wildman–Crippen MR) is 401 cm³/mol. The molecule has 0 saturated heterocycles. The Bertz CT molecular complexity index is 3070. The number of aliphatic hydroxyl groups excluding tert-OH is 1. The van der Waals surface area contributed by atoms with Crippen molar-refractivity contribution in [2.24, 2.45) is 0 Å². The van der Waals surface area contributed by atoms with Crippen molar-refractivity contribution in [3.63, 3.8) is 0 Å². The third-order valence-corrected chi connectivity index (χ3v) is 36.0. The Morgan fingerprint density at radius 2 is 0.596 bits per heavy atom. The van der Waals surface area contributed by atoms with Crippen molar-refractivity contribution < 1.29 is 63.9 Å². The first-order valence-corrected chi connectivity index (χ1v) is 51.4. The molecule has 94 heavy (non-hydrogen) atoms. The summed E-state index contributed by atoms with van der Waals surface area (Å²) in [5.41, 5.74) is 8.43. The van der Waals surface area contributed by atoms with Crippen LogP contribution in [0, 0.1) is 0 Å². The number of ether oxygens (including phenoxy) is 7. The van der Waals surface area contributed by atoms with Crippen LogP contribution in [0.15, 0.2) is 133 Å². The van der Waals surface area contributed by atoms with Crippen molar-refractivity contribution in [3.05, 3.63) is 172 Å². The van der Waals surface area contributed by atoms with E-state index in [2.05, 4.69) is 139 Å². The molecule has 0 spiro atoms. The van der Waals surface area contributed by atoms with Crippen LogP contribution in [0.25, 0.3) is 0 Å². The average molecular weight is 1400 g/mol. The first-order chi connectivity index (χ1) is 44.6. The molecular weight excluding hydrogens is 1280 g/mol. The fraction of sp³-hybridized carbons (Fsp3) is 0.514. The molecule has 0 radical (unpaired) electrons. The number of aryl methyl sites for hydroxylation is 6. The SMILES string of the molecule is COc1ccc(CCCO[Si](C)(C)O[Si](C)(C)CCCc2ccc(OC)cc2)cc1.COc1ccc(CCC[Si](C)(C)O[Si](C)(C)OCCCc2ccc(OC)c(OC)c2)cc1CO.COc1ccccc1CCCO[Si](C)(C)O[Si](C)(C)CCCc1ccccc1OC. The molecule has 0 aliphatic heterocycles. The van der Waals surface area contributed by atoms with Gasteiger partial charge in [-0.3, -0.25) is 0 Å². The second-order valence-electron chi connectivity index (χ2n) is 27.0. The van der Waals surface area contributed by atoms with Crippen LogP contribution < -0.4 is 33.2 Å². The van der Waals surface area contributed by atoms with E-state index in [-0.39, 0.29) is 6.61 Å². The Labute approximate surface area is 573 Å². The maximum absolute atomic E-state index is 9.54. The fourth-order valence-electron chi connectivity index (χ4n) is 11.7.